The number of hydrogen-bond acceptors (Lipinski definition) is 5. The summed E-state index contributed by atoms with van der Waals surface area (Å²) < 4.78 is 4.75. The first-order chi connectivity index (χ1) is 6.58. The van der Waals surface area contributed by atoms with E-state index in [1.807, 2.05) is 19.0 Å². The van der Waals surface area contributed by atoms with Crippen LogP contribution in [0, 0.1) is 0 Å². The summed E-state index contributed by atoms with van der Waals surface area (Å²) in [6.07, 6.45) is 0.449. The average molecular weight is 199 g/mol. The third-order valence-electron chi connectivity index (χ3n) is 1.60. The van der Waals surface area contributed by atoms with E-state index in [0.29, 0.717) is 12.2 Å². The molecule has 0 aliphatic rings. The third kappa shape index (κ3) is 3.53. The highest BCUT2D eigenvalue weighted by Crippen LogP contribution is 1.99. The Morgan fingerprint density at radius 2 is 2.29 bits per heavy atom. The standard InChI is InChI=1S/C8H13N3O3/c1-11(2)4-3-6-9-7(14-10-6)5-8(12)13/h3-5H2,1-2H3,(H,12,13). The maximum atomic E-state index is 10.3. The number of likely N-dealkylation sites (N-methyl/N-ethyl adjacent to an activating group) is 1. The molecular weight excluding hydrogens is 186 g/mol. The predicted molar refractivity (Wildman–Crippen MR) is 47.9 cm³/mol. The molecule has 1 aromatic rings. The normalized spacial score (nSPS) is 10.8. The Balaban J connectivity index is 2.46. The van der Waals surface area contributed by atoms with Gasteiger partial charge in [-0.3, -0.25) is 4.79 Å². The molecule has 0 radical (unpaired) electrons. The van der Waals surface area contributed by atoms with E-state index < -0.39 is 5.97 Å². The Hall–Kier alpha value is -1.43. The smallest absolute Gasteiger partial charge is 0.312 e. The van der Waals surface area contributed by atoms with Gasteiger partial charge >= 0.3 is 5.97 Å². The molecule has 0 atom stereocenters. The van der Waals surface area contributed by atoms with Gasteiger partial charge in [-0.1, -0.05) is 5.16 Å². The van der Waals surface area contributed by atoms with Gasteiger partial charge in [-0.2, -0.15) is 4.98 Å². The fourth-order valence-electron chi connectivity index (χ4n) is 0.916. The van der Waals surface area contributed by atoms with Crippen LogP contribution < -0.4 is 0 Å². The quantitative estimate of drug-likeness (QED) is 0.707. The van der Waals surface area contributed by atoms with Gasteiger partial charge in [0.05, 0.1) is 0 Å². The van der Waals surface area contributed by atoms with Crippen LogP contribution in [-0.4, -0.2) is 46.8 Å². The monoisotopic (exact) mass is 199 g/mol. The van der Waals surface area contributed by atoms with Crippen LogP contribution in [0.5, 0.6) is 0 Å². The molecule has 0 aromatic carbocycles. The summed E-state index contributed by atoms with van der Waals surface area (Å²) in [7, 11) is 3.89. The number of carboxylic acids is 1. The highest BCUT2D eigenvalue weighted by atomic mass is 16.5. The number of rotatable bonds is 5. The lowest BCUT2D eigenvalue weighted by Crippen LogP contribution is -2.15. The topological polar surface area (TPSA) is 79.5 Å². The highest BCUT2D eigenvalue weighted by Gasteiger charge is 2.09. The molecule has 1 rings (SSSR count). The van der Waals surface area contributed by atoms with Crippen molar-refractivity contribution in [2.24, 2.45) is 0 Å². The van der Waals surface area contributed by atoms with Gasteiger partial charge in [0.1, 0.15) is 6.42 Å². The molecule has 1 aromatic heterocycles. The summed E-state index contributed by atoms with van der Waals surface area (Å²) in [6.45, 7) is 0.812. The molecule has 1 N–H and O–H groups in total. The SMILES string of the molecule is CN(C)CCc1noc(CC(=O)O)n1. The van der Waals surface area contributed by atoms with Crippen LogP contribution in [0.1, 0.15) is 11.7 Å². The summed E-state index contributed by atoms with van der Waals surface area (Å²) in [4.78, 5) is 16.2. The van der Waals surface area contributed by atoms with E-state index in [4.69, 9.17) is 9.63 Å². The van der Waals surface area contributed by atoms with Crippen LogP contribution in [0.2, 0.25) is 0 Å². The lowest BCUT2D eigenvalue weighted by atomic mass is 10.4. The zero-order chi connectivity index (χ0) is 10.6. The molecule has 0 fully saturated rings. The number of nitrogens with zero attached hydrogens (tertiary/aromatic N) is 3. The van der Waals surface area contributed by atoms with Crippen LogP contribution in [0.15, 0.2) is 4.52 Å². The van der Waals surface area contributed by atoms with Crippen LogP contribution in [0.3, 0.4) is 0 Å². The number of hydrogen-bond donors (Lipinski definition) is 1. The van der Waals surface area contributed by atoms with Crippen LogP contribution in [-0.2, 0) is 17.6 Å². The maximum absolute atomic E-state index is 10.3. The van der Waals surface area contributed by atoms with E-state index in [2.05, 4.69) is 10.1 Å². The van der Waals surface area contributed by atoms with Gasteiger partial charge < -0.3 is 14.5 Å². The van der Waals surface area contributed by atoms with Crippen LogP contribution in [0.4, 0.5) is 0 Å². The molecule has 0 amide bonds. The highest BCUT2D eigenvalue weighted by molar-refractivity contribution is 5.68. The molecule has 0 saturated carbocycles. The molecule has 0 spiro atoms. The summed E-state index contributed by atoms with van der Waals surface area (Å²) >= 11 is 0. The molecule has 78 valence electrons. The Morgan fingerprint density at radius 1 is 1.57 bits per heavy atom. The van der Waals surface area contributed by atoms with E-state index in [0.717, 1.165) is 6.54 Å². The minimum Gasteiger partial charge on any atom is -0.481 e. The van der Waals surface area contributed by atoms with E-state index in [1.54, 1.807) is 0 Å². The fourth-order valence-corrected chi connectivity index (χ4v) is 0.916. The number of aliphatic carboxylic acids is 1. The lowest BCUT2D eigenvalue weighted by molar-refractivity contribution is -0.136. The van der Waals surface area contributed by atoms with E-state index >= 15 is 0 Å². The van der Waals surface area contributed by atoms with Gasteiger partial charge in [-0.15, -0.1) is 0 Å². The summed E-state index contributed by atoms with van der Waals surface area (Å²) in [5.41, 5.74) is 0. The molecule has 0 unspecified atom stereocenters. The zero-order valence-corrected chi connectivity index (χ0v) is 8.23. The van der Waals surface area contributed by atoms with Gasteiger partial charge in [0, 0.05) is 13.0 Å². The van der Waals surface area contributed by atoms with Crippen LogP contribution in [0.25, 0.3) is 0 Å². The van der Waals surface area contributed by atoms with Crippen molar-refractivity contribution in [2.45, 2.75) is 12.8 Å². The van der Waals surface area contributed by atoms with Crippen molar-refractivity contribution in [2.75, 3.05) is 20.6 Å². The summed E-state index contributed by atoms with van der Waals surface area (Å²) in [5.74, 6) is -0.256. The number of carboxylic acid groups (broad SMARTS) is 1. The second-order valence-electron chi connectivity index (χ2n) is 3.23. The Kier molecular flexibility index (Phi) is 3.58. The van der Waals surface area contributed by atoms with Crippen LogP contribution >= 0.6 is 0 Å². The van der Waals surface area contributed by atoms with Crippen molar-refractivity contribution in [3.8, 4) is 0 Å². The molecule has 6 nitrogen and oxygen atoms in total. The van der Waals surface area contributed by atoms with Crippen molar-refractivity contribution in [3.63, 3.8) is 0 Å². The maximum Gasteiger partial charge on any atom is 0.312 e. The Bertz CT molecular complexity index is 309. The molecule has 0 bridgehead atoms. The summed E-state index contributed by atoms with van der Waals surface area (Å²) in [6, 6.07) is 0. The molecule has 1 heterocycles. The zero-order valence-electron chi connectivity index (χ0n) is 8.23. The largest absolute Gasteiger partial charge is 0.481 e. The van der Waals surface area contributed by atoms with Crippen molar-refractivity contribution < 1.29 is 14.4 Å². The van der Waals surface area contributed by atoms with Crippen molar-refractivity contribution >= 4 is 5.97 Å². The minimum atomic E-state index is -0.965. The van der Waals surface area contributed by atoms with E-state index in [9.17, 15) is 4.79 Å². The third-order valence-corrected chi connectivity index (χ3v) is 1.60. The lowest BCUT2D eigenvalue weighted by Gasteiger charge is -2.05. The fraction of sp³-hybridized carbons (Fsp3) is 0.625. The van der Waals surface area contributed by atoms with E-state index in [1.165, 1.54) is 0 Å². The van der Waals surface area contributed by atoms with Gasteiger partial charge in [-0.05, 0) is 14.1 Å². The molecule has 0 aliphatic carbocycles. The number of aromatic nitrogens is 2. The minimum absolute atomic E-state index is 0.159. The van der Waals surface area contributed by atoms with Gasteiger partial charge in [0.25, 0.3) is 0 Å². The average Bonchev–Trinajstić information content (AvgIpc) is 2.47. The first kappa shape index (κ1) is 10.6. The van der Waals surface area contributed by atoms with Crippen molar-refractivity contribution in [3.05, 3.63) is 11.7 Å². The Labute approximate surface area is 81.5 Å². The first-order valence-corrected chi connectivity index (χ1v) is 4.26. The second-order valence-corrected chi connectivity index (χ2v) is 3.23. The molecule has 0 saturated heterocycles. The van der Waals surface area contributed by atoms with Crippen molar-refractivity contribution in [1.29, 1.82) is 0 Å². The van der Waals surface area contributed by atoms with Gasteiger partial charge in [0.2, 0.25) is 5.89 Å². The predicted octanol–water partition coefficient (Wildman–Crippen LogP) is -0.199. The summed E-state index contributed by atoms with van der Waals surface area (Å²) in [5, 5.41) is 12.1. The molecule has 6 heteroatoms. The van der Waals surface area contributed by atoms with Crippen molar-refractivity contribution in [1.82, 2.24) is 15.0 Å². The molecule has 0 aliphatic heterocycles. The molecular formula is C8H13N3O3. The first-order valence-electron chi connectivity index (χ1n) is 4.26. The number of carbonyl (C=O) groups is 1. The Morgan fingerprint density at radius 3 is 2.86 bits per heavy atom. The van der Waals surface area contributed by atoms with Gasteiger partial charge in [0.15, 0.2) is 5.82 Å². The van der Waals surface area contributed by atoms with Gasteiger partial charge in [-0.25, -0.2) is 0 Å². The second kappa shape index (κ2) is 4.71. The molecule has 14 heavy (non-hydrogen) atoms. The van der Waals surface area contributed by atoms with E-state index in [-0.39, 0.29) is 12.3 Å².